The Morgan fingerprint density at radius 1 is 1.15 bits per heavy atom. The summed E-state index contributed by atoms with van der Waals surface area (Å²) in [6.45, 7) is 2.22. The maximum Gasteiger partial charge on any atom is 0.335 e. The quantitative estimate of drug-likeness (QED) is 0.545. The standard InChI is InChI=1S/C24H18F2N4O2S/c1-12-9-16-21(19-17(25)3-2-4-18(19)26)27-10-14-11-28-24(30-20(14)22(16)33-12)29-15-7-5-13(6-8-15)23(31)32/h2-9,11-12,22H,10H2,1H3,(H,31,32)(H,28,29,30). The van der Waals surface area contributed by atoms with Crippen molar-refractivity contribution in [3.63, 3.8) is 0 Å². The van der Waals surface area contributed by atoms with Crippen LogP contribution in [0.4, 0.5) is 20.4 Å². The Hall–Kier alpha value is -3.59. The van der Waals surface area contributed by atoms with E-state index < -0.39 is 17.6 Å². The molecule has 6 nitrogen and oxygen atoms in total. The molecular weight excluding hydrogens is 446 g/mol. The van der Waals surface area contributed by atoms with E-state index in [4.69, 9.17) is 10.1 Å². The van der Waals surface area contributed by atoms with E-state index in [1.54, 1.807) is 30.1 Å². The first-order valence-electron chi connectivity index (χ1n) is 10.2. The molecule has 9 heteroatoms. The van der Waals surface area contributed by atoms with Crippen molar-refractivity contribution in [2.24, 2.45) is 4.99 Å². The molecule has 0 fully saturated rings. The Balaban J connectivity index is 1.51. The number of halogens is 2. The summed E-state index contributed by atoms with van der Waals surface area (Å²) >= 11 is 1.63. The third-order valence-electron chi connectivity index (χ3n) is 5.46. The third kappa shape index (κ3) is 4.00. The first kappa shape index (κ1) is 21.3. The molecule has 0 saturated carbocycles. The second-order valence-corrected chi connectivity index (χ2v) is 9.20. The van der Waals surface area contributed by atoms with Gasteiger partial charge < -0.3 is 10.4 Å². The minimum Gasteiger partial charge on any atom is -0.478 e. The Labute approximate surface area is 192 Å². The van der Waals surface area contributed by atoms with Gasteiger partial charge in [0.25, 0.3) is 0 Å². The van der Waals surface area contributed by atoms with Crippen molar-refractivity contribution < 1.29 is 18.7 Å². The zero-order chi connectivity index (χ0) is 23.1. The lowest BCUT2D eigenvalue weighted by molar-refractivity contribution is 0.0697. The summed E-state index contributed by atoms with van der Waals surface area (Å²) in [4.78, 5) is 24.7. The van der Waals surface area contributed by atoms with Gasteiger partial charge in [0.05, 0.1) is 34.3 Å². The second-order valence-electron chi connectivity index (χ2n) is 7.72. The van der Waals surface area contributed by atoms with Gasteiger partial charge in [-0.2, -0.15) is 0 Å². The van der Waals surface area contributed by atoms with Gasteiger partial charge in [-0.1, -0.05) is 12.1 Å². The van der Waals surface area contributed by atoms with Crippen LogP contribution < -0.4 is 5.32 Å². The molecule has 3 aromatic rings. The number of carboxylic acids is 1. The van der Waals surface area contributed by atoms with Crippen LogP contribution in [0.2, 0.25) is 0 Å². The lowest BCUT2D eigenvalue weighted by atomic mass is 9.96. The van der Waals surface area contributed by atoms with Crippen molar-refractivity contribution >= 4 is 35.1 Å². The number of aromatic carboxylic acids is 1. The van der Waals surface area contributed by atoms with Crippen LogP contribution in [0.5, 0.6) is 0 Å². The van der Waals surface area contributed by atoms with E-state index in [2.05, 4.69) is 15.3 Å². The number of benzene rings is 2. The van der Waals surface area contributed by atoms with Gasteiger partial charge >= 0.3 is 5.97 Å². The lowest BCUT2D eigenvalue weighted by Gasteiger charge is -2.17. The van der Waals surface area contributed by atoms with E-state index in [1.807, 2.05) is 13.0 Å². The summed E-state index contributed by atoms with van der Waals surface area (Å²) in [6.07, 6.45) is 3.65. The number of carboxylic acid groups (broad SMARTS) is 1. The molecule has 0 spiro atoms. The number of anilines is 2. The molecule has 0 radical (unpaired) electrons. The van der Waals surface area contributed by atoms with Crippen LogP contribution in [-0.2, 0) is 6.54 Å². The minimum atomic E-state index is -1.00. The third-order valence-corrected chi connectivity index (χ3v) is 6.78. The molecule has 0 amide bonds. The maximum absolute atomic E-state index is 14.6. The SMILES string of the molecule is CC1C=C2C(c3c(F)cccc3F)=NCc3cnc(Nc4ccc(C(=O)O)cc4)nc3C2S1. The molecule has 2 unspecified atom stereocenters. The Kier molecular flexibility index (Phi) is 5.41. The zero-order valence-electron chi connectivity index (χ0n) is 17.4. The molecule has 2 N–H and O–H groups in total. The fourth-order valence-electron chi connectivity index (χ4n) is 3.94. The molecule has 0 saturated heterocycles. The van der Waals surface area contributed by atoms with Crippen LogP contribution >= 0.6 is 11.8 Å². The van der Waals surface area contributed by atoms with E-state index in [9.17, 15) is 13.6 Å². The molecule has 3 heterocycles. The number of rotatable bonds is 4. The molecule has 2 aliphatic heterocycles. The van der Waals surface area contributed by atoms with E-state index >= 15 is 0 Å². The minimum absolute atomic E-state index is 0.117. The maximum atomic E-state index is 14.6. The summed E-state index contributed by atoms with van der Waals surface area (Å²) in [5.41, 5.74) is 3.27. The van der Waals surface area contributed by atoms with Gasteiger partial charge in [-0.15, -0.1) is 11.8 Å². The van der Waals surface area contributed by atoms with Crippen molar-refractivity contribution in [2.45, 2.75) is 24.0 Å². The molecule has 0 aliphatic carbocycles. The lowest BCUT2D eigenvalue weighted by Crippen LogP contribution is -2.13. The first-order valence-corrected chi connectivity index (χ1v) is 11.2. The molecule has 0 bridgehead atoms. The molecule has 5 rings (SSSR count). The first-order chi connectivity index (χ1) is 15.9. The fraction of sp³-hybridized carbons (Fsp3) is 0.167. The van der Waals surface area contributed by atoms with Crippen molar-refractivity contribution in [1.29, 1.82) is 0 Å². The smallest absolute Gasteiger partial charge is 0.335 e. The largest absolute Gasteiger partial charge is 0.478 e. The van der Waals surface area contributed by atoms with Gasteiger partial charge in [-0.05, 0) is 48.9 Å². The number of aliphatic imine (C=N–C) groups is 1. The Bertz CT molecular complexity index is 1300. The summed E-state index contributed by atoms with van der Waals surface area (Å²) in [7, 11) is 0. The molecule has 2 aromatic carbocycles. The predicted octanol–water partition coefficient (Wildman–Crippen LogP) is 5.30. The summed E-state index contributed by atoms with van der Waals surface area (Å²) in [5.74, 6) is -1.96. The van der Waals surface area contributed by atoms with E-state index in [0.29, 0.717) is 17.3 Å². The van der Waals surface area contributed by atoms with Crippen LogP contribution in [-0.4, -0.2) is 32.0 Å². The highest BCUT2D eigenvalue weighted by Crippen LogP contribution is 2.48. The number of nitrogens with zero attached hydrogens (tertiary/aromatic N) is 3. The average Bonchev–Trinajstić information content (AvgIpc) is 3.11. The van der Waals surface area contributed by atoms with Crippen LogP contribution in [0.15, 0.2) is 65.3 Å². The number of nitrogens with one attached hydrogen (secondary N) is 1. The highest BCUT2D eigenvalue weighted by atomic mass is 32.2. The summed E-state index contributed by atoms with van der Waals surface area (Å²) < 4.78 is 29.2. The van der Waals surface area contributed by atoms with Crippen molar-refractivity contribution in [3.8, 4) is 0 Å². The summed E-state index contributed by atoms with van der Waals surface area (Å²) in [5, 5.41) is 12.0. The number of thioether (sulfide) groups is 1. The monoisotopic (exact) mass is 464 g/mol. The molecule has 33 heavy (non-hydrogen) atoms. The van der Waals surface area contributed by atoms with Crippen LogP contribution in [0, 0.1) is 11.6 Å². The summed E-state index contributed by atoms with van der Waals surface area (Å²) in [6, 6.07) is 10.1. The normalized spacial score (nSPS) is 19.1. The topological polar surface area (TPSA) is 87.5 Å². The Morgan fingerprint density at radius 2 is 1.88 bits per heavy atom. The number of fused-ring (bicyclic) bond motifs is 3. The van der Waals surface area contributed by atoms with Crippen molar-refractivity contribution in [2.75, 3.05) is 5.32 Å². The van der Waals surface area contributed by atoms with Gasteiger partial charge in [-0.3, -0.25) is 4.99 Å². The van der Waals surface area contributed by atoms with E-state index in [1.165, 1.54) is 30.3 Å². The van der Waals surface area contributed by atoms with Crippen LogP contribution in [0.25, 0.3) is 0 Å². The number of hydrogen-bond acceptors (Lipinski definition) is 6. The Morgan fingerprint density at radius 3 is 2.58 bits per heavy atom. The zero-order valence-corrected chi connectivity index (χ0v) is 18.2. The van der Waals surface area contributed by atoms with E-state index in [-0.39, 0.29) is 28.2 Å². The number of hydrogen-bond donors (Lipinski definition) is 2. The molecule has 166 valence electrons. The van der Waals surface area contributed by atoms with Crippen LogP contribution in [0.1, 0.15) is 39.4 Å². The van der Waals surface area contributed by atoms with Crippen molar-refractivity contribution in [1.82, 2.24) is 9.97 Å². The second kappa shape index (κ2) is 8.40. The van der Waals surface area contributed by atoms with Gasteiger partial charge in [0, 0.05) is 22.7 Å². The van der Waals surface area contributed by atoms with E-state index in [0.717, 1.165) is 16.8 Å². The number of carbonyl (C=O) groups is 1. The van der Waals surface area contributed by atoms with Crippen LogP contribution in [0.3, 0.4) is 0 Å². The van der Waals surface area contributed by atoms with Gasteiger partial charge in [0.1, 0.15) is 11.6 Å². The fourth-order valence-corrected chi connectivity index (χ4v) is 5.26. The highest BCUT2D eigenvalue weighted by molar-refractivity contribution is 8.00. The van der Waals surface area contributed by atoms with Gasteiger partial charge in [0.2, 0.25) is 5.95 Å². The molecule has 2 atom stereocenters. The van der Waals surface area contributed by atoms with Crippen molar-refractivity contribution in [3.05, 3.63) is 94.3 Å². The van der Waals surface area contributed by atoms with Gasteiger partial charge in [-0.25, -0.2) is 23.5 Å². The average molecular weight is 464 g/mol. The number of aromatic nitrogens is 2. The predicted molar refractivity (Wildman–Crippen MR) is 123 cm³/mol. The highest BCUT2D eigenvalue weighted by Gasteiger charge is 2.36. The molecule has 2 aliphatic rings. The van der Waals surface area contributed by atoms with Gasteiger partial charge in [0.15, 0.2) is 0 Å². The molecular formula is C24H18F2N4O2S. The molecule has 1 aromatic heterocycles.